The number of hydrogen-bond acceptors (Lipinski definition) is 2. The molecule has 0 spiro atoms. The van der Waals surface area contributed by atoms with E-state index in [4.69, 9.17) is 27.9 Å². The topological polar surface area (TPSA) is 38.3 Å². The fourth-order valence-corrected chi connectivity index (χ4v) is 2.15. The molecule has 0 saturated carbocycles. The van der Waals surface area contributed by atoms with Crippen LogP contribution >= 0.6 is 23.2 Å². The third kappa shape index (κ3) is 4.42. The van der Waals surface area contributed by atoms with Gasteiger partial charge in [0.1, 0.15) is 5.75 Å². The molecule has 0 aromatic heterocycles. The molecule has 0 aliphatic carbocycles. The molecular weight excluding hydrogens is 321 g/mol. The number of methoxy groups -OCH3 is 1. The lowest BCUT2D eigenvalue weighted by molar-refractivity contribution is 0.0955. The second-order valence-electron chi connectivity index (χ2n) is 4.34. The number of ether oxygens (including phenoxy) is 1. The van der Waals surface area contributed by atoms with Crippen LogP contribution in [0.4, 0.5) is 0 Å². The van der Waals surface area contributed by atoms with E-state index >= 15 is 0 Å². The number of carbonyl (C=O) groups is 1. The minimum absolute atomic E-state index is 0.209. The van der Waals surface area contributed by atoms with Crippen molar-refractivity contribution in [1.29, 1.82) is 0 Å². The highest BCUT2D eigenvalue weighted by atomic mass is 35.5. The summed E-state index contributed by atoms with van der Waals surface area (Å²) in [6.45, 7) is 0.209. The number of hydrogen-bond donors (Lipinski definition) is 1. The molecule has 0 saturated heterocycles. The SMILES string of the molecule is COc1ccc(Cl)cc1C(=O)NCC#Cc1cccc(Cl)c1. The molecule has 3 nitrogen and oxygen atoms in total. The first-order valence-corrected chi connectivity index (χ1v) is 7.22. The van der Waals surface area contributed by atoms with Crippen LogP contribution in [0, 0.1) is 11.8 Å². The minimum Gasteiger partial charge on any atom is -0.496 e. The van der Waals surface area contributed by atoms with Gasteiger partial charge in [0.25, 0.3) is 5.91 Å². The van der Waals surface area contributed by atoms with E-state index in [9.17, 15) is 4.79 Å². The van der Waals surface area contributed by atoms with E-state index in [1.54, 1.807) is 30.3 Å². The highest BCUT2D eigenvalue weighted by Crippen LogP contribution is 2.22. The maximum absolute atomic E-state index is 12.1. The fourth-order valence-electron chi connectivity index (χ4n) is 1.79. The van der Waals surface area contributed by atoms with Gasteiger partial charge in [0.2, 0.25) is 0 Å². The lowest BCUT2D eigenvalue weighted by Crippen LogP contribution is -2.24. The predicted octanol–water partition coefficient (Wildman–Crippen LogP) is 3.78. The molecule has 0 atom stereocenters. The quantitative estimate of drug-likeness (QED) is 0.868. The summed E-state index contributed by atoms with van der Waals surface area (Å²) in [5.74, 6) is 5.96. The molecule has 2 aromatic carbocycles. The number of halogens is 2. The molecule has 0 aliphatic rings. The molecule has 0 radical (unpaired) electrons. The van der Waals surface area contributed by atoms with E-state index in [2.05, 4.69) is 17.2 Å². The highest BCUT2D eigenvalue weighted by molar-refractivity contribution is 6.31. The van der Waals surface area contributed by atoms with Crippen LogP contribution in [-0.2, 0) is 0 Å². The van der Waals surface area contributed by atoms with Crippen molar-refractivity contribution in [2.45, 2.75) is 0 Å². The Bertz CT molecular complexity index is 748. The Kier molecular flexibility index (Phi) is 5.71. The van der Waals surface area contributed by atoms with Crippen molar-refractivity contribution in [2.24, 2.45) is 0 Å². The van der Waals surface area contributed by atoms with Crippen molar-refractivity contribution in [1.82, 2.24) is 5.32 Å². The van der Waals surface area contributed by atoms with Gasteiger partial charge >= 0.3 is 0 Å². The fraction of sp³-hybridized carbons (Fsp3) is 0.118. The van der Waals surface area contributed by atoms with Crippen LogP contribution in [0.1, 0.15) is 15.9 Å². The Morgan fingerprint density at radius 3 is 2.68 bits per heavy atom. The Hall–Kier alpha value is -2.15. The zero-order chi connectivity index (χ0) is 15.9. The van der Waals surface area contributed by atoms with Crippen molar-refractivity contribution in [3.63, 3.8) is 0 Å². The number of nitrogens with one attached hydrogen (secondary N) is 1. The summed E-state index contributed by atoms with van der Waals surface area (Å²) >= 11 is 11.8. The van der Waals surface area contributed by atoms with Gasteiger partial charge in [-0.2, -0.15) is 0 Å². The van der Waals surface area contributed by atoms with Gasteiger partial charge in [-0.1, -0.05) is 41.1 Å². The van der Waals surface area contributed by atoms with E-state index in [0.717, 1.165) is 5.56 Å². The first kappa shape index (κ1) is 16.2. The van der Waals surface area contributed by atoms with Gasteiger partial charge < -0.3 is 10.1 Å². The lowest BCUT2D eigenvalue weighted by atomic mass is 10.2. The third-order valence-electron chi connectivity index (χ3n) is 2.80. The summed E-state index contributed by atoms with van der Waals surface area (Å²) in [7, 11) is 1.50. The highest BCUT2D eigenvalue weighted by Gasteiger charge is 2.11. The molecule has 0 bridgehead atoms. The second kappa shape index (κ2) is 7.74. The Morgan fingerprint density at radius 1 is 1.18 bits per heavy atom. The van der Waals surface area contributed by atoms with Crippen LogP contribution in [0.5, 0.6) is 5.75 Å². The predicted molar refractivity (Wildman–Crippen MR) is 88.7 cm³/mol. The summed E-state index contributed by atoms with van der Waals surface area (Å²) in [5.41, 5.74) is 1.17. The second-order valence-corrected chi connectivity index (χ2v) is 5.21. The van der Waals surface area contributed by atoms with Crippen LogP contribution in [-0.4, -0.2) is 19.6 Å². The summed E-state index contributed by atoms with van der Waals surface area (Å²) in [6.07, 6.45) is 0. The van der Waals surface area contributed by atoms with Crippen molar-refractivity contribution in [2.75, 3.05) is 13.7 Å². The zero-order valence-electron chi connectivity index (χ0n) is 11.8. The zero-order valence-corrected chi connectivity index (χ0v) is 13.3. The molecule has 0 unspecified atom stereocenters. The van der Waals surface area contributed by atoms with Crippen LogP contribution in [0.15, 0.2) is 42.5 Å². The third-order valence-corrected chi connectivity index (χ3v) is 3.27. The molecule has 1 amide bonds. The van der Waals surface area contributed by atoms with Crippen LogP contribution < -0.4 is 10.1 Å². The lowest BCUT2D eigenvalue weighted by Gasteiger charge is -2.08. The van der Waals surface area contributed by atoms with E-state index in [1.165, 1.54) is 7.11 Å². The molecule has 1 N–H and O–H groups in total. The van der Waals surface area contributed by atoms with Crippen molar-refractivity contribution >= 4 is 29.1 Å². The van der Waals surface area contributed by atoms with Gasteiger partial charge in [0.05, 0.1) is 19.2 Å². The molecule has 2 aromatic rings. The van der Waals surface area contributed by atoms with Gasteiger partial charge in [-0.05, 0) is 36.4 Å². The largest absolute Gasteiger partial charge is 0.496 e. The van der Waals surface area contributed by atoms with Gasteiger partial charge in [-0.3, -0.25) is 4.79 Å². The van der Waals surface area contributed by atoms with Crippen molar-refractivity contribution < 1.29 is 9.53 Å². The first-order chi connectivity index (χ1) is 10.6. The number of rotatable bonds is 3. The molecule has 5 heteroatoms. The summed E-state index contributed by atoms with van der Waals surface area (Å²) in [6, 6.07) is 12.1. The number of amides is 1. The van der Waals surface area contributed by atoms with Gasteiger partial charge in [0, 0.05) is 15.6 Å². The van der Waals surface area contributed by atoms with Crippen LogP contribution in [0.3, 0.4) is 0 Å². The maximum Gasteiger partial charge on any atom is 0.255 e. The van der Waals surface area contributed by atoms with Gasteiger partial charge in [-0.25, -0.2) is 0 Å². The smallest absolute Gasteiger partial charge is 0.255 e. The Morgan fingerprint density at radius 2 is 1.95 bits per heavy atom. The molecule has 112 valence electrons. The molecular formula is C17H13Cl2NO2. The summed E-state index contributed by atoms with van der Waals surface area (Å²) in [4.78, 5) is 12.1. The molecule has 0 fully saturated rings. The van der Waals surface area contributed by atoms with Crippen LogP contribution in [0.25, 0.3) is 0 Å². The van der Waals surface area contributed by atoms with Crippen LogP contribution in [0.2, 0.25) is 10.0 Å². The van der Waals surface area contributed by atoms with Crippen molar-refractivity contribution in [3.8, 4) is 17.6 Å². The average molecular weight is 334 g/mol. The normalized spacial score (nSPS) is 9.59. The standard InChI is InChI=1S/C17H13Cl2NO2/c1-22-16-8-7-14(19)11-15(16)17(21)20-9-3-5-12-4-2-6-13(18)10-12/h2,4,6-8,10-11H,9H2,1H3,(H,20,21). The summed E-state index contributed by atoms with van der Waals surface area (Å²) < 4.78 is 5.14. The molecule has 0 aliphatic heterocycles. The number of benzene rings is 2. The molecule has 2 rings (SSSR count). The van der Waals surface area contributed by atoms with Gasteiger partial charge in [-0.15, -0.1) is 0 Å². The average Bonchev–Trinajstić information content (AvgIpc) is 2.51. The molecule has 0 heterocycles. The first-order valence-electron chi connectivity index (χ1n) is 6.46. The van der Waals surface area contributed by atoms with E-state index in [-0.39, 0.29) is 12.5 Å². The summed E-state index contributed by atoms with van der Waals surface area (Å²) in [5, 5.41) is 3.79. The monoisotopic (exact) mass is 333 g/mol. The number of carbonyl (C=O) groups excluding carboxylic acids is 1. The van der Waals surface area contributed by atoms with Gasteiger partial charge in [0.15, 0.2) is 0 Å². The van der Waals surface area contributed by atoms with Crippen molar-refractivity contribution in [3.05, 3.63) is 63.6 Å². The van der Waals surface area contributed by atoms with E-state index in [0.29, 0.717) is 21.4 Å². The maximum atomic E-state index is 12.1. The Balaban J connectivity index is 2.01. The van der Waals surface area contributed by atoms with E-state index in [1.807, 2.05) is 12.1 Å². The molecule has 22 heavy (non-hydrogen) atoms. The van der Waals surface area contributed by atoms with E-state index < -0.39 is 0 Å². The Labute approximate surface area is 139 Å². The minimum atomic E-state index is -0.292.